The third-order valence-electron chi connectivity index (χ3n) is 3.24. The lowest BCUT2D eigenvalue weighted by atomic mass is 9.65. The number of rotatable bonds is 6. The molecule has 80 valence electrons. The van der Waals surface area contributed by atoms with Crippen LogP contribution in [0.4, 0.5) is 0 Å². The smallest absolute Gasteiger partial charge is 0.309 e. The largest absolute Gasteiger partial charge is 0.481 e. The summed E-state index contributed by atoms with van der Waals surface area (Å²) >= 11 is 0. The van der Waals surface area contributed by atoms with Crippen molar-refractivity contribution in [2.45, 2.75) is 51.9 Å². The van der Waals surface area contributed by atoms with Gasteiger partial charge in [0.15, 0.2) is 0 Å². The molecule has 0 aromatic rings. The highest BCUT2D eigenvalue weighted by molar-refractivity contribution is 5.76. The molecule has 1 aliphatic carbocycles. The van der Waals surface area contributed by atoms with Crippen LogP contribution in [0.15, 0.2) is 12.2 Å². The zero-order valence-corrected chi connectivity index (χ0v) is 9.01. The first-order valence-corrected chi connectivity index (χ1v) is 5.51. The summed E-state index contributed by atoms with van der Waals surface area (Å²) in [5.74, 6) is -0.624. The fraction of sp³-hybridized carbons (Fsp3) is 0.750. The first kappa shape index (κ1) is 11.3. The van der Waals surface area contributed by atoms with Gasteiger partial charge in [0.25, 0.3) is 0 Å². The third-order valence-corrected chi connectivity index (χ3v) is 3.24. The molecule has 1 saturated carbocycles. The van der Waals surface area contributed by atoms with Gasteiger partial charge in [-0.05, 0) is 32.1 Å². The Bertz CT molecular complexity index is 226. The highest BCUT2D eigenvalue weighted by Crippen LogP contribution is 2.46. The molecule has 2 heteroatoms. The van der Waals surface area contributed by atoms with Gasteiger partial charge in [0, 0.05) is 0 Å². The number of hydrogen-bond acceptors (Lipinski definition) is 1. The average molecular weight is 196 g/mol. The van der Waals surface area contributed by atoms with Gasteiger partial charge in [0.1, 0.15) is 0 Å². The number of carboxylic acid groups (broad SMARTS) is 1. The number of carbonyl (C=O) groups is 1. The van der Waals surface area contributed by atoms with E-state index in [0.717, 1.165) is 44.1 Å². The topological polar surface area (TPSA) is 37.3 Å². The molecule has 0 spiro atoms. The second-order valence-electron chi connectivity index (χ2n) is 4.47. The van der Waals surface area contributed by atoms with Crippen LogP contribution in [0.25, 0.3) is 0 Å². The number of allylic oxidation sites excluding steroid dienone is 1. The van der Waals surface area contributed by atoms with Gasteiger partial charge in [-0.3, -0.25) is 4.79 Å². The Labute approximate surface area is 86.0 Å². The molecule has 0 unspecified atom stereocenters. The summed E-state index contributed by atoms with van der Waals surface area (Å²) < 4.78 is 0. The van der Waals surface area contributed by atoms with Gasteiger partial charge in [0.2, 0.25) is 0 Å². The van der Waals surface area contributed by atoms with Crippen molar-refractivity contribution in [3.05, 3.63) is 12.2 Å². The summed E-state index contributed by atoms with van der Waals surface area (Å²) in [6.07, 6.45) is 6.72. The molecule has 0 aliphatic heterocycles. The van der Waals surface area contributed by atoms with Gasteiger partial charge < -0.3 is 5.11 Å². The van der Waals surface area contributed by atoms with E-state index in [-0.39, 0.29) is 0 Å². The molecule has 1 aliphatic rings. The molecule has 0 saturated heterocycles. The second kappa shape index (κ2) is 4.63. The van der Waals surface area contributed by atoms with Crippen LogP contribution in [0.3, 0.4) is 0 Å². The van der Waals surface area contributed by atoms with Gasteiger partial charge in [-0.15, -0.1) is 0 Å². The molecule has 0 aromatic carbocycles. The molecule has 0 radical (unpaired) electrons. The van der Waals surface area contributed by atoms with Gasteiger partial charge in [-0.2, -0.15) is 0 Å². The number of unbranched alkanes of at least 4 members (excludes halogenated alkanes) is 1. The van der Waals surface area contributed by atoms with Crippen molar-refractivity contribution in [1.82, 2.24) is 0 Å². The van der Waals surface area contributed by atoms with Crippen molar-refractivity contribution in [1.29, 1.82) is 0 Å². The third kappa shape index (κ3) is 2.37. The van der Waals surface area contributed by atoms with Crippen molar-refractivity contribution in [2.75, 3.05) is 0 Å². The quantitative estimate of drug-likeness (QED) is 0.661. The van der Waals surface area contributed by atoms with Gasteiger partial charge in [0.05, 0.1) is 5.41 Å². The van der Waals surface area contributed by atoms with E-state index in [0.29, 0.717) is 6.42 Å². The van der Waals surface area contributed by atoms with Gasteiger partial charge in [-0.1, -0.05) is 31.9 Å². The number of aliphatic carboxylic acids is 1. The Morgan fingerprint density at radius 1 is 1.50 bits per heavy atom. The Balaban J connectivity index is 2.41. The van der Waals surface area contributed by atoms with E-state index in [9.17, 15) is 4.79 Å². The Kier molecular flexibility index (Phi) is 3.73. The minimum absolute atomic E-state index is 0.440. The van der Waals surface area contributed by atoms with E-state index in [2.05, 4.69) is 13.5 Å². The molecule has 0 aromatic heterocycles. The fourth-order valence-electron chi connectivity index (χ4n) is 2.06. The molecule has 1 N–H and O–H groups in total. The lowest BCUT2D eigenvalue weighted by molar-refractivity contribution is -0.154. The van der Waals surface area contributed by atoms with Gasteiger partial charge >= 0.3 is 5.97 Å². The number of hydrogen-bond donors (Lipinski definition) is 1. The highest BCUT2D eigenvalue weighted by Gasteiger charge is 2.44. The lowest BCUT2D eigenvalue weighted by Crippen LogP contribution is -2.38. The van der Waals surface area contributed by atoms with Crippen LogP contribution < -0.4 is 0 Å². The average Bonchev–Trinajstić information content (AvgIpc) is 2.07. The normalized spacial score (nSPS) is 18.6. The highest BCUT2D eigenvalue weighted by atomic mass is 16.4. The summed E-state index contributed by atoms with van der Waals surface area (Å²) in [7, 11) is 0. The van der Waals surface area contributed by atoms with E-state index >= 15 is 0 Å². The van der Waals surface area contributed by atoms with E-state index < -0.39 is 11.4 Å². The van der Waals surface area contributed by atoms with E-state index in [4.69, 9.17) is 5.11 Å². The lowest BCUT2D eigenvalue weighted by Gasteiger charge is -2.38. The van der Waals surface area contributed by atoms with Crippen LogP contribution >= 0.6 is 0 Å². The minimum Gasteiger partial charge on any atom is -0.481 e. The zero-order valence-electron chi connectivity index (χ0n) is 9.01. The monoisotopic (exact) mass is 196 g/mol. The fourth-order valence-corrected chi connectivity index (χ4v) is 2.06. The van der Waals surface area contributed by atoms with E-state index in [1.165, 1.54) is 0 Å². The summed E-state index contributed by atoms with van der Waals surface area (Å²) in [4.78, 5) is 11.1. The predicted octanol–water partition coefficient (Wildman–Crippen LogP) is 3.38. The van der Waals surface area contributed by atoms with Crippen molar-refractivity contribution in [2.24, 2.45) is 5.41 Å². The van der Waals surface area contributed by atoms with Crippen LogP contribution in [0.1, 0.15) is 51.9 Å². The molecule has 2 nitrogen and oxygen atoms in total. The van der Waals surface area contributed by atoms with E-state index in [1.807, 2.05) is 0 Å². The maximum absolute atomic E-state index is 11.1. The van der Waals surface area contributed by atoms with Crippen molar-refractivity contribution in [3.63, 3.8) is 0 Å². The summed E-state index contributed by atoms with van der Waals surface area (Å²) in [5, 5.41) is 9.12. The summed E-state index contributed by atoms with van der Waals surface area (Å²) in [6.45, 7) is 6.12. The predicted molar refractivity (Wildman–Crippen MR) is 57.2 cm³/mol. The summed E-state index contributed by atoms with van der Waals surface area (Å²) in [5.41, 5.74) is 0.680. The van der Waals surface area contributed by atoms with Crippen LogP contribution in [-0.2, 0) is 4.79 Å². The SMILES string of the molecule is C=C(CCCC)CC1(C(=O)O)CCC1. The maximum Gasteiger partial charge on any atom is 0.309 e. The summed E-state index contributed by atoms with van der Waals surface area (Å²) in [6, 6.07) is 0. The van der Waals surface area contributed by atoms with Crippen LogP contribution in [0.2, 0.25) is 0 Å². The Hall–Kier alpha value is -0.790. The van der Waals surface area contributed by atoms with Crippen LogP contribution in [0.5, 0.6) is 0 Å². The van der Waals surface area contributed by atoms with Crippen molar-refractivity contribution in [3.8, 4) is 0 Å². The first-order chi connectivity index (χ1) is 6.60. The molecule has 0 atom stereocenters. The zero-order chi connectivity index (χ0) is 10.6. The molecule has 1 rings (SSSR count). The van der Waals surface area contributed by atoms with Gasteiger partial charge in [-0.25, -0.2) is 0 Å². The molecule has 1 fully saturated rings. The molecule has 0 amide bonds. The molecule has 14 heavy (non-hydrogen) atoms. The van der Waals surface area contributed by atoms with Crippen LogP contribution in [0, 0.1) is 5.41 Å². The first-order valence-electron chi connectivity index (χ1n) is 5.51. The van der Waals surface area contributed by atoms with E-state index in [1.54, 1.807) is 0 Å². The number of carboxylic acids is 1. The Morgan fingerprint density at radius 2 is 2.14 bits per heavy atom. The minimum atomic E-state index is -0.624. The molecular formula is C12H20O2. The van der Waals surface area contributed by atoms with Crippen molar-refractivity contribution >= 4 is 5.97 Å². The van der Waals surface area contributed by atoms with Crippen molar-refractivity contribution < 1.29 is 9.90 Å². The molecule has 0 heterocycles. The molecular weight excluding hydrogens is 176 g/mol. The molecule has 0 bridgehead atoms. The van der Waals surface area contributed by atoms with Crippen LogP contribution in [-0.4, -0.2) is 11.1 Å². The second-order valence-corrected chi connectivity index (χ2v) is 4.47. The Morgan fingerprint density at radius 3 is 2.50 bits per heavy atom. The standard InChI is InChI=1S/C12H20O2/c1-3-4-6-10(2)9-12(11(13)14)7-5-8-12/h2-9H2,1H3,(H,13,14). The maximum atomic E-state index is 11.1.